The second kappa shape index (κ2) is 5.64. The first kappa shape index (κ1) is 15.8. The third kappa shape index (κ3) is 3.17. The van der Waals surface area contributed by atoms with Crippen molar-refractivity contribution in [1.29, 1.82) is 0 Å². The Bertz CT molecular complexity index is 848. The van der Waals surface area contributed by atoms with Gasteiger partial charge in [-0.05, 0) is 48.9 Å². The van der Waals surface area contributed by atoms with Crippen LogP contribution in [0, 0.1) is 12.7 Å². The van der Waals surface area contributed by atoms with Gasteiger partial charge < -0.3 is 10.2 Å². The average molecular weight is 325 g/mol. The second-order valence-corrected chi connectivity index (χ2v) is 6.20. The minimum absolute atomic E-state index is 0.0288. The van der Waals surface area contributed by atoms with Gasteiger partial charge in [-0.15, -0.1) is 0 Å². The zero-order chi connectivity index (χ0) is 16.5. The van der Waals surface area contributed by atoms with E-state index in [1.54, 1.807) is 0 Å². The standard InChI is InChI=1S/C14H12FNO5S/c1-8-6-9(15)2-5-13(8)22(20,21)16-10-3-4-12(17)11(7-10)14(18)19/h2-7,16-17H,1H3,(H,18,19). The summed E-state index contributed by atoms with van der Waals surface area (Å²) in [5.74, 6) is -2.43. The molecule has 0 spiro atoms. The molecule has 0 saturated heterocycles. The summed E-state index contributed by atoms with van der Waals surface area (Å²) < 4.78 is 39.7. The summed E-state index contributed by atoms with van der Waals surface area (Å²) in [6, 6.07) is 6.49. The number of carbonyl (C=O) groups is 1. The predicted octanol–water partition coefficient (Wildman–Crippen LogP) is 2.34. The molecule has 116 valence electrons. The quantitative estimate of drug-likeness (QED) is 0.749. The highest BCUT2D eigenvalue weighted by molar-refractivity contribution is 7.92. The number of aromatic carboxylic acids is 1. The number of hydrogen-bond acceptors (Lipinski definition) is 4. The minimum atomic E-state index is -4.01. The number of anilines is 1. The number of rotatable bonds is 4. The summed E-state index contributed by atoms with van der Waals surface area (Å²) in [5, 5.41) is 18.3. The van der Waals surface area contributed by atoms with E-state index in [-0.39, 0.29) is 16.1 Å². The lowest BCUT2D eigenvalue weighted by Crippen LogP contribution is -2.14. The van der Waals surface area contributed by atoms with Crippen molar-refractivity contribution in [3.8, 4) is 5.75 Å². The lowest BCUT2D eigenvalue weighted by atomic mass is 10.2. The zero-order valence-electron chi connectivity index (χ0n) is 11.4. The van der Waals surface area contributed by atoms with Crippen molar-refractivity contribution in [2.24, 2.45) is 0 Å². The van der Waals surface area contributed by atoms with Crippen molar-refractivity contribution in [1.82, 2.24) is 0 Å². The van der Waals surface area contributed by atoms with E-state index in [2.05, 4.69) is 4.72 Å². The summed E-state index contributed by atoms with van der Waals surface area (Å²) in [4.78, 5) is 10.8. The van der Waals surface area contributed by atoms with Gasteiger partial charge in [0.2, 0.25) is 0 Å². The van der Waals surface area contributed by atoms with Crippen LogP contribution in [0.5, 0.6) is 5.75 Å². The van der Waals surface area contributed by atoms with Crippen molar-refractivity contribution >= 4 is 21.7 Å². The first-order valence-electron chi connectivity index (χ1n) is 6.06. The summed E-state index contributed by atoms with van der Waals surface area (Å²) in [6.07, 6.45) is 0. The molecule has 0 aliphatic carbocycles. The summed E-state index contributed by atoms with van der Waals surface area (Å²) >= 11 is 0. The van der Waals surface area contributed by atoms with Crippen LogP contribution in [0.25, 0.3) is 0 Å². The molecule has 2 aromatic carbocycles. The molecule has 2 aromatic rings. The highest BCUT2D eigenvalue weighted by Gasteiger charge is 2.19. The lowest BCUT2D eigenvalue weighted by molar-refractivity contribution is 0.0693. The molecule has 0 aliphatic rings. The molecule has 3 N–H and O–H groups in total. The Hall–Kier alpha value is -2.61. The van der Waals surface area contributed by atoms with Gasteiger partial charge >= 0.3 is 5.97 Å². The predicted molar refractivity (Wildman–Crippen MR) is 77.0 cm³/mol. The highest BCUT2D eigenvalue weighted by Crippen LogP contribution is 2.24. The van der Waals surface area contributed by atoms with E-state index < -0.39 is 33.1 Å². The van der Waals surface area contributed by atoms with E-state index in [0.717, 1.165) is 30.3 Å². The maximum absolute atomic E-state index is 13.0. The van der Waals surface area contributed by atoms with Crippen molar-refractivity contribution in [2.75, 3.05) is 4.72 Å². The molecular formula is C14H12FNO5S. The van der Waals surface area contributed by atoms with Crippen LogP contribution in [-0.2, 0) is 10.0 Å². The lowest BCUT2D eigenvalue weighted by Gasteiger charge is -2.11. The van der Waals surface area contributed by atoms with Gasteiger partial charge in [0.15, 0.2) is 0 Å². The van der Waals surface area contributed by atoms with Gasteiger partial charge in [0, 0.05) is 5.69 Å². The van der Waals surface area contributed by atoms with E-state index in [1.807, 2.05) is 0 Å². The van der Waals surface area contributed by atoms with Crippen LogP contribution in [0.1, 0.15) is 15.9 Å². The van der Waals surface area contributed by atoms with Gasteiger partial charge in [-0.2, -0.15) is 0 Å². The molecule has 0 aromatic heterocycles. The molecule has 0 fully saturated rings. The second-order valence-electron chi connectivity index (χ2n) is 4.55. The van der Waals surface area contributed by atoms with E-state index in [0.29, 0.717) is 0 Å². The molecule has 2 rings (SSSR count). The number of carboxylic acids is 1. The largest absolute Gasteiger partial charge is 0.507 e. The molecule has 0 unspecified atom stereocenters. The smallest absolute Gasteiger partial charge is 0.339 e. The monoisotopic (exact) mass is 325 g/mol. The van der Waals surface area contributed by atoms with Crippen molar-refractivity contribution in [3.05, 3.63) is 53.3 Å². The number of halogens is 1. The Morgan fingerprint density at radius 2 is 1.86 bits per heavy atom. The summed E-state index contributed by atoms with van der Waals surface area (Å²) in [5.41, 5.74) is -0.250. The van der Waals surface area contributed by atoms with E-state index in [1.165, 1.54) is 13.0 Å². The fraction of sp³-hybridized carbons (Fsp3) is 0.0714. The fourth-order valence-electron chi connectivity index (χ4n) is 1.90. The van der Waals surface area contributed by atoms with Gasteiger partial charge in [0.25, 0.3) is 10.0 Å². The maximum atomic E-state index is 13.0. The van der Waals surface area contributed by atoms with Crippen LogP contribution in [0.15, 0.2) is 41.3 Å². The number of sulfonamides is 1. The molecule has 0 bridgehead atoms. The molecule has 0 atom stereocenters. The Morgan fingerprint density at radius 1 is 1.18 bits per heavy atom. The SMILES string of the molecule is Cc1cc(F)ccc1S(=O)(=O)Nc1ccc(O)c(C(=O)O)c1. The normalized spacial score (nSPS) is 11.2. The van der Waals surface area contributed by atoms with E-state index in [4.69, 9.17) is 5.11 Å². The molecule has 6 nitrogen and oxygen atoms in total. The number of hydrogen-bond donors (Lipinski definition) is 3. The minimum Gasteiger partial charge on any atom is -0.507 e. The molecule has 0 amide bonds. The summed E-state index contributed by atoms with van der Waals surface area (Å²) in [7, 11) is -4.01. The topological polar surface area (TPSA) is 104 Å². The van der Waals surface area contributed by atoms with Gasteiger partial charge in [0.1, 0.15) is 17.1 Å². The number of carboxylic acid groups (broad SMARTS) is 1. The first-order valence-corrected chi connectivity index (χ1v) is 7.54. The Morgan fingerprint density at radius 3 is 2.45 bits per heavy atom. The molecule has 0 saturated carbocycles. The number of aryl methyl sites for hydroxylation is 1. The van der Waals surface area contributed by atoms with Crippen LogP contribution in [0.3, 0.4) is 0 Å². The zero-order valence-corrected chi connectivity index (χ0v) is 12.2. The van der Waals surface area contributed by atoms with Gasteiger partial charge in [0.05, 0.1) is 4.90 Å². The number of phenols is 1. The van der Waals surface area contributed by atoms with E-state index >= 15 is 0 Å². The third-order valence-corrected chi connectivity index (χ3v) is 4.45. The van der Waals surface area contributed by atoms with Crippen LogP contribution in [0.2, 0.25) is 0 Å². The Balaban J connectivity index is 2.41. The van der Waals surface area contributed by atoms with Crippen LogP contribution < -0.4 is 4.72 Å². The van der Waals surface area contributed by atoms with E-state index in [9.17, 15) is 22.7 Å². The molecule has 8 heteroatoms. The van der Waals surface area contributed by atoms with Gasteiger partial charge in [-0.1, -0.05) is 0 Å². The number of benzene rings is 2. The first-order chi connectivity index (χ1) is 10.2. The van der Waals surface area contributed by atoms with Crippen LogP contribution >= 0.6 is 0 Å². The van der Waals surface area contributed by atoms with Crippen molar-refractivity contribution < 1.29 is 27.8 Å². The van der Waals surface area contributed by atoms with Crippen molar-refractivity contribution in [3.63, 3.8) is 0 Å². The molecule has 0 radical (unpaired) electrons. The summed E-state index contributed by atoms with van der Waals surface area (Å²) in [6.45, 7) is 1.44. The van der Waals surface area contributed by atoms with Gasteiger partial charge in [-0.3, -0.25) is 4.72 Å². The van der Waals surface area contributed by atoms with Crippen molar-refractivity contribution in [2.45, 2.75) is 11.8 Å². The average Bonchev–Trinajstić information content (AvgIpc) is 2.39. The molecule has 22 heavy (non-hydrogen) atoms. The van der Waals surface area contributed by atoms with Crippen LogP contribution in [0.4, 0.5) is 10.1 Å². The maximum Gasteiger partial charge on any atom is 0.339 e. The highest BCUT2D eigenvalue weighted by atomic mass is 32.2. The Kier molecular flexibility index (Phi) is 4.05. The molecule has 0 heterocycles. The molecule has 0 aliphatic heterocycles. The van der Waals surface area contributed by atoms with Gasteiger partial charge in [-0.25, -0.2) is 17.6 Å². The third-order valence-electron chi connectivity index (χ3n) is 2.91. The number of nitrogens with one attached hydrogen (secondary N) is 1. The number of aromatic hydroxyl groups is 1. The van der Waals surface area contributed by atoms with Crippen LogP contribution in [-0.4, -0.2) is 24.6 Å². The Labute approximate surface area is 125 Å². The fourth-order valence-corrected chi connectivity index (χ4v) is 3.17. The molecular weight excluding hydrogens is 313 g/mol.